The largest absolute Gasteiger partial charge is 0.471 e. The minimum absolute atomic E-state index is 0.188. The molecule has 110 valence electrons. The van der Waals surface area contributed by atoms with Crippen molar-refractivity contribution < 1.29 is 44.0 Å². The van der Waals surface area contributed by atoms with Gasteiger partial charge in [0.15, 0.2) is 6.79 Å². The zero-order chi connectivity index (χ0) is 14.3. The number of ether oxygens (including phenoxy) is 1. The van der Waals surface area contributed by atoms with Gasteiger partial charge in [0.1, 0.15) is 18.3 Å². The Bertz CT molecular complexity index is 267. The van der Waals surface area contributed by atoms with E-state index in [2.05, 4.69) is 9.26 Å². The molecule has 0 fully saturated rings. The van der Waals surface area contributed by atoms with E-state index in [9.17, 15) is 25.0 Å². The third kappa shape index (κ3) is 7.37. The average Bonchev–Trinajstić information content (AvgIpc) is 2.30. The molecule has 0 spiro atoms. The first kappa shape index (κ1) is 17.9. The predicted octanol–water partition coefficient (Wildman–Crippen LogP) is -2.08. The van der Waals surface area contributed by atoms with Gasteiger partial charge in [-0.2, -0.15) is 0 Å². The van der Waals surface area contributed by atoms with E-state index in [1.807, 2.05) is 0 Å². The minimum atomic E-state index is -4.65. The van der Waals surface area contributed by atoms with Crippen molar-refractivity contribution in [1.29, 1.82) is 0 Å². The molecule has 0 amide bonds. The molecular formula is C8H19O9P. The predicted molar refractivity (Wildman–Crippen MR) is 58.3 cm³/mol. The number of aliphatic hydroxyl groups excluding tert-OH is 4. The van der Waals surface area contributed by atoms with Crippen LogP contribution in [-0.2, 0) is 13.8 Å². The summed E-state index contributed by atoms with van der Waals surface area (Å²) in [6.45, 7) is 0.284. The summed E-state index contributed by atoms with van der Waals surface area (Å²) in [5.74, 6) is 0. The van der Waals surface area contributed by atoms with Crippen molar-refractivity contribution in [3.8, 4) is 0 Å². The normalized spacial score (nSPS) is 19.3. The number of phosphoric ester groups is 1. The van der Waals surface area contributed by atoms with Crippen molar-refractivity contribution in [3.63, 3.8) is 0 Å². The third-order valence-corrected chi connectivity index (χ3v) is 2.59. The molecule has 0 aliphatic rings. The van der Waals surface area contributed by atoms with Crippen molar-refractivity contribution >= 4 is 7.82 Å². The van der Waals surface area contributed by atoms with Crippen LogP contribution in [0.4, 0.5) is 0 Å². The Kier molecular flexibility index (Phi) is 8.11. The maximum atomic E-state index is 10.3. The first-order valence-electron chi connectivity index (χ1n) is 5.19. The van der Waals surface area contributed by atoms with Gasteiger partial charge in [0.25, 0.3) is 0 Å². The van der Waals surface area contributed by atoms with Crippen LogP contribution in [0.2, 0.25) is 0 Å². The van der Waals surface area contributed by atoms with Crippen LogP contribution in [0.1, 0.15) is 13.3 Å². The molecule has 10 heteroatoms. The lowest BCUT2D eigenvalue weighted by atomic mass is 10.0. The summed E-state index contributed by atoms with van der Waals surface area (Å²) in [5.41, 5.74) is 0. The van der Waals surface area contributed by atoms with Crippen LogP contribution in [0.15, 0.2) is 0 Å². The zero-order valence-electron chi connectivity index (χ0n) is 9.79. The van der Waals surface area contributed by atoms with Gasteiger partial charge in [-0.1, -0.05) is 6.92 Å². The Morgan fingerprint density at radius 3 is 2.00 bits per heavy atom. The van der Waals surface area contributed by atoms with E-state index < -0.39 is 45.6 Å². The second kappa shape index (κ2) is 8.16. The van der Waals surface area contributed by atoms with Crippen molar-refractivity contribution in [2.75, 3.05) is 13.4 Å². The van der Waals surface area contributed by atoms with Crippen LogP contribution < -0.4 is 0 Å². The third-order valence-electron chi connectivity index (χ3n) is 2.15. The summed E-state index contributed by atoms with van der Waals surface area (Å²) in [4.78, 5) is 16.6. The van der Waals surface area contributed by atoms with Gasteiger partial charge in [0, 0.05) is 0 Å². The van der Waals surface area contributed by atoms with Crippen LogP contribution in [0, 0.1) is 0 Å². The maximum absolute atomic E-state index is 10.3. The molecule has 4 unspecified atom stereocenters. The molecule has 4 atom stereocenters. The molecule has 0 saturated heterocycles. The van der Waals surface area contributed by atoms with E-state index in [4.69, 9.17) is 9.79 Å². The molecule has 0 saturated carbocycles. The molecule has 0 bridgehead atoms. The number of rotatable bonds is 9. The fourth-order valence-electron chi connectivity index (χ4n) is 1.07. The average molecular weight is 290 g/mol. The highest BCUT2D eigenvalue weighted by molar-refractivity contribution is 7.46. The highest BCUT2D eigenvalue weighted by Gasteiger charge is 2.29. The summed E-state index contributed by atoms with van der Waals surface area (Å²) in [6.07, 6.45) is -5.72. The molecule has 0 aromatic carbocycles. The Morgan fingerprint density at radius 2 is 1.56 bits per heavy atom. The van der Waals surface area contributed by atoms with Gasteiger partial charge >= 0.3 is 7.82 Å². The minimum Gasteiger partial charge on any atom is -0.390 e. The standard InChI is InChI=1S/C8H19O9P/c1-2-5(9)7(11)8(12)6(10)3-16-4-17-18(13,14)15/h5-12H,2-4H2,1H3,(H2,13,14,15). The Morgan fingerprint density at radius 1 is 1.06 bits per heavy atom. The highest BCUT2D eigenvalue weighted by atomic mass is 31.2. The maximum Gasteiger partial charge on any atom is 0.471 e. The molecule has 9 nitrogen and oxygen atoms in total. The molecule has 0 radical (unpaired) electrons. The first-order valence-corrected chi connectivity index (χ1v) is 6.72. The lowest BCUT2D eigenvalue weighted by Gasteiger charge is -2.25. The zero-order valence-corrected chi connectivity index (χ0v) is 10.7. The molecule has 0 rings (SSSR count). The molecule has 0 aliphatic carbocycles. The molecule has 0 heterocycles. The van der Waals surface area contributed by atoms with Crippen LogP contribution in [0.3, 0.4) is 0 Å². The van der Waals surface area contributed by atoms with E-state index >= 15 is 0 Å². The van der Waals surface area contributed by atoms with Gasteiger partial charge in [-0.05, 0) is 6.42 Å². The molecule has 18 heavy (non-hydrogen) atoms. The van der Waals surface area contributed by atoms with Crippen LogP contribution in [0.25, 0.3) is 0 Å². The first-order chi connectivity index (χ1) is 8.19. The lowest BCUT2D eigenvalue weighted by Crippen LogP contribution is -2.46. The number of phosphoric acid groups is 1. The molecule has 6 N–H and O–H groups in total. The number of hydrogen-bond acceptors (Lipinski definition) is 7. The van der Waals surface area contributed by atoms with Crippen molar-refractivity contribution in [1.82, 2.24) is 0 Å². The summed E-state index contributed by atoms with van der Waals surface area (Å²) < 4.78 is 18.7. The van der Waals surface area contributed by atoms with Crippen LogP contribution in [0.5, 0.6) is 0 Å². The van der Waals surface area contributed by atoms with Gasteiger partial charge in [0.2, 0.25) is 0 Å². The fraction of sp³-hybridized carbons (Fsp3) is 1.00. The van der Waals surface area contributed by atoms with Crippen molar-refractivity contribution in [2.45, 2.75) is 37.8 Å². The number of aliphatic hydroxyl groups is 4. The summed E-state index contributed by atoms with van der Waals surface area (Å²) >= 11 is 0. The fourth-order valence-corrected chi connectivity index (χ4v) is 1.28. The Hall–Kier alpha value is -0.0900. The summed E-state index contributed by atoms with van der Waals surface area (Å²) in [7, 11) is -4.65. The Balaban J connectivity index is 3.94. The number of hydrogen-bond donors (Lipinski definition) is 6. The monoisotopic (exact) mass is 290 g/mol. The van der Waals surface area contributed by atoms with Crippen molar-refractivity contribution in [3.05, 3.63) is 0 Å². The van der Waals surface area contributed by atoms with E-state index in [1.54, 1.807) is 6.92 Å². The second-order valence-electron chi connectivity index (χ2n) is 3.63. The van der Waals surface area contributed by atoms with E-state index in [0.717, 1.165) is 0 Å². The van der Waals surface area contributed by atoms with E-state index in [0.29, 0.717) is 0 Å². The highest BCUT2D eigenvalue weighted by Crippen LogP contribution is 2.35. The van der Waals surface area contributed by atoms with E-state index in [1.165, 1.54) is 0 Å². The molecule has 0 aromatic rings. The summed E-state index contributed by atoms with van der Waals surface area (Å²) in [6, 6.07) is 0. The van der Waals surface area contributed by atoms with Crippen LogP contribution in [-0.4, -0.2) is 68.0 Å². The van der Waals surface area contributed by atoms with E-state index in [-0.39, 0.29) is 6.42 Å². The lowest BCUT2D eigenvalue weighted by molar-refractivity contribution is -0.131. The molecule has 0 aromatic heterocycles. The van der Waals surface area contributed by atoms with Gasteiger partial charge in [0.05, 0.1) is 12.7 Å². The van der Waals surface area contributed by atoms with Gasteiger partial charge in [-0.3, -0.25) is 4.52 Å². The van der Waals surface area contributed by atoms with Gasteiger partial charge in [-0.25, -0.2) is 4.57 Å². The quantitative estimate of drug-likeness (QED) is 0.159. The summed E-state index contributed by atoms with van der Waals surface area (Å²) in [5, 5.41) is 37.4. The van der Waals surface area contributed by atoms with Crippen molar-refractivity contribution in [2.24, 2.45) is 0 Å². The molecular weight excluding hydrogens is 271 g/mol. The SMILES string of the molecule is CCC(O)C(O)C(O)C(O)COCOP(=O)(O)O. The van der Waals surface area contributed by atoms with Gasteiger partial charge in [-0.15, -0.1) is 0 Å². The van der Waals surface area contributed by atoms with Gasteiger partial charge < -0.3 is 34.9 Å². The second-order valence-corrected chi connectivity index (χ2v) is 4.87. The van der Waals surface area contributed by atoms with Crippen LogP contribution >= 0.6 is 7.82 Å². The Labute approximate surface area is 104 Å². The molecule has 0 aliphatic heterocycles. The topological polar surface area (TPSA) is 157 Å². The smallest absolute Gasteiger partial charge is 0.390 e.